The van der Waals surface area contributed by atoms with Crippen LogP contribution in [0.5, 0.6) is 0 Å². The number of para-hydroxylation sites is 1. The molecule has 4 heterocycles. The van der Waals surface area contributed by atoms with Crippen molar-refractivity contribution < 1.29 is 9.63 Å². The van der Waals surface area contributed by atoms with E-state index in [1.54, 1.807) is 9.42 Å². The molecule has 0 spiro atoms. The van der Waals surface area contributed by atoms with Crippen LogP contribution < -0.4 is 5.48 Å². The summed E-state index contributed by atoms with van der Waals surface area (Å²) in [5, 5.41) is 5.60. The second kappa shape index (κ2) is 7.12. The second-order valence-electron chi connectivity index (χ2n) is 7.36. The van der Waals surface area contributed by atoms with E-state index in [4.69, 9.17) is 4.84 Å². The third-order valence-corrected chi connectivity index (χ3v) is 5.28. The number of aromatic nitrogens is 4. The molecule has 2 N–H and O–H groups in total. The number of hydrogen-bond acceptors (Lipinski definition) is 5. The fraction of sp³-hybridized carbons (Fsp3) is 0.286. The summed E-state index contributed by atoms with van der Waals surface area (Å²) in [5.41, 5.74) is 7.31. The van der Waals surface area contributed by atoms with Crippen molar-refractivity contribution in [3.05, 3.63) is 48.4 Å². The first-order valence-corrected chi connectivity index (χ1v) is 9.84. The lowest BCUT2D eigenvalue weighted by Gasteiger charge is -2.25. The van der Waals surface area contributed by atoms with E-state index in [0.717, 1.165) is 65.7 Å². The van der Waals surface area contributed by atoms with Crippen molar-refractivity contribution in [3.63, 3.8) is 0 Å². The molecule has 0 radical (unpaired) electrons. The molecule has 0 saturated carbocycles. The number of anilines is 1. The summed E-state index contributed by atoms with van der Waals surface area (Å²) in [6.45, 7) is 3.39. The van der Waals surface area contributed by atoms with Crippen LogP contribution in [0.4, 0.5) is 10.6 Å². The van der Waals surface area contributed by atoms with Crippen molar-refractivity contribution in [2.75, 3.05) is 18.6 Å². The highest BCUT2D eigenvalue weighted by atomic mass is 16.7. The number of nitrogens with one attached hydrogen (secondary N) is 2. The summed E-state index contributed by atoms with van der Waals surface area (Å²) in [7, 11) is 0. The van der Waals surface area contributed by atoms with Gasteiger partial charge in [0.1, 0.15) is 0 Å². The Morgan fingerprint density at radius 3 is 2.86 bits per heavy atom. The molecule has 8 heteroatoms. The number of aryl methyl sites for hydroxylation is 1. The van der Waals surface area contributed by atoms with Crippen molar-refractivity contribution in [3.8, 4) is 11.1 Å². The van der Waals surface area contributed by atoms with E-state index in [1.807, 2.05) is 43.6 Å². The SMILES string of the molecule is Cc1cn2nc(NOC(=O)N3CCCCC3)cc(-c3c[nH]c4ccccc34)c2n1. The lowest BCUT2D eigenvalue weighted by Crippen LogP contribution is -2.37. The molecule has 1 aliphatic rings. The first-order chi connectivity index (χ1) is 14.2. The number of benzene rings is 1. The van der Waals surface area contributed by atoms with E-state index >= 15 is 0 Å². The zero-order chi connectivity index (χ0) is 19.8. The molecule has 29 heavy (non-hydrogen) atoms. The number of likely N-dealkylation sites (tertiary alicyclic amines) is 1. The number of piperidine rings is 1. The quantitative estimate of drug-likeness (QED) is 0.514. The van der Waals surface area contributed by atoms with Crippen LogP contribution in [0.2, 0.25) is 0 Å². The van der Waals surface area contributed by atoms with Gasteiger partial charge in [0.05, 0.1) is 11.9 Å². The Bertz CT molecular complexity index is 1190. The number of aromatic amines is 1. The second-order valence-corrected chi connectivity index (χ2v) is 7.36. The van der Waals surface area contributed by atoms with Gasteiger partial charge >= 0.3 is 6.09 Å². The molecule has 3 aromatic heterocycles. The van der Waals surface area contributed by atoms with Crippen molar-refractivity contribution in [1.82, 2.24) is 24.5 Å². The van der Waals surface area contributed by atoms with Gasteiger partial charge in [0.25, 0.3) is 0 Å². The molecule has 148 valence electrons. The third-order valence-electron chi connectivity index (χ3n) is 5.28. The van der Waals surface area contributed by atoms with E-state index < -0.39 is 0 Å². The predicted octanol–water partition coefficient (Wildman–Crippen LogP) is 4.14. The minimum absolute atomic E-state index is 0.373. The van der Waals surface area contributed by atoms with Gasteiger partial charge in [0.2, 0.25) is 0 Å². The summed E-state index contributed by atoms with van der Waals surface area (Å²) in [4.78, 5) is 27.3. The Balaban J connectivity index is 1.50. The molecule has 4 aromatic rings. The topological polar surface area (TPSA) is 87.5 Å². The molecule has 1 saturated heterocycles. The van der Waals surface area contributed by atoms with Gasteiger partial charge in [-0.15, -0.1) is 5.10 Å². The maximum absolute atomic E-state index is 12.3. The molecule has 1 aromatic carbocycles. The van der Waals surface area contributed by atoms with Gasteiger partial charge in [0.15, 0.2) is 11.5 Å². The minimum Gasteiger partial charge on any atom is -0.361 e. The van der Waals surface area contributed by atoms with Crippen LogP contribution >= 0.6 is 0 Å². The van der Waals surface area contributed by atoms with Gasteiger partial charge < -0.3 is 14.7 Å². The molecule has 5 rings (SSSR count). The smallest absolute Gasteiger partial charge is 0.361 e. The van der Waals surface area contributed by atoms with Crippen molar-refractivity contribution in [1.29, 1.82) is 0 Å². The van der Waals surface area contributed by atoms with Gasteiger partial charge in [-0.2, -0.15) is 5.48 Å². The molecule has 1 aliphatic heterocycles. The normalized spacial score (nSPS) is 14.4. The first kappa shape index (κ1) is 17.5. The summed E-state index contributed by atoms with van der Waals surface area (Å²) >= 11 is 0. The van der Waals surface area contributed by atoms with Crippen LogP contribution in [0.3, 0.4) is 0 Å². The maximum Gasteiger partial charge on any atom is 0.434 e. The van der Waals surface area contributed by atoms with Gasteiger partial charge in [0, 0.05) is 41.3 Å². The number of fused-ring (bicyclic) bond motifs is 2. The highest BCUT2D eigenvalue weighted by Gasteiger charge is 2.19. The highest BCUT2D eigenvalue weighted by Crippen LogP contribution is 2.32. The molecule has 8 nitrogen and oxygen atoms in total. The minimum atomic E-state index is -0.373. The summed E-state index contributed by atoms with van der Waals surface area (Å²) in [6, 6.07) is 9.97. The average molecular weight is 390 g/mol. The van der Waals surface area contributed by atoms with E-state index in [1.165, 1.54) is 0 Å². The zero-order valence-corrected chi connectivity index (χ0v) is 16.2. The van der Waals surface area contributed by atoms with Gasteiger partial charge in [-0.05, 0) is 38.3 Å². The molecule has 1 amide bonds. The Kier molecular flexibility index (Phi) is 4.31. The lowest BCUT2D eigenvalue weighted by atomic mass is 10.1. The van der Waals surface area contributed by atoms with E-state index in [0.29, 0.717) is 5.82 Å². The van der Waals surface area contributed by atoms with Crippen LogP contribution in [-0.2, 0) is 4.84 Å². The van der Waals surface area contributed by atoms with Gasteiger partial charge in [-0.1, -0.05) is 18.2 Å². The fourth-order valence-electron chi connectivity index (χ4n) is 3.87. The van der Waals surface area contributed by atoms with Crippen LogP contribution in [0.25, 0.3) is 27.7 Å². The van der Waals surface area contributed by atoms with Crippen molar-refractivity contribution in [2.24, 2.45) is 0 Å². The lowest BCUT2D eigenvalue weighted by molar-refractivity contribution is 0.114. The van der Waals surface area contributed by atoms with Gasteiger partial charge in [-0.25, -0.2) is 14.3 Å². The number of amides is 1. The zero-order valence-electron chi connectivity index (χ0n) is 16.2. The molecule has 0 bridgehead atoms. The Morgan fingerprint density at radius 1 is 1.17 bits per heavy atom. The largest absolute Gasteiger partial charge is 0.434 e. The molecule has 1 fully saturated rings. The Hall–Kier alpha value is -3.55. The molecule has 0 aliphatic carbocycles. The fourth-order valence-corrected chi connectivity index (χ4v) is 3.87. The summed E-state index contributed by atoms with van der Waals surface area (Å²) in [6.07, 6.45) is 6.63. The summed E-state index contributed by atoms with van der Waals surface area (Å²) in [5.74, 6) is 0.445. The standard InChI is InChI=1S/C21H22N6O2/c1-14-13-27-20(23-14)16(17-12-22-18-8-4-3-7-15(17)18)11-19(24-27)25-29-21(28)26-9-5-2-6-10-26/h3-4,7-8,11-13,22H,2,5-6,9-10H2,1H3,(H,24,25). The van der Waals surface area contributed by atoms with Crippen LogP contribution in [0, 0.1) is 6.92 Å². The Morgan fingerprint density at radius 2 is 2.00 bits per heavy atom. The van der Waals surface area contributed by atoms with Crippen molar-refractivity contribution >= 4 is 28.5 Å². The number of rotatable bonds is 3. The van der Waals surface area contributed by atoms with E-state index in [-0.39, 0.29) is 6.09 Å². The summed E-state index contributed by atoms with van der Waals surface area (Å²) < 4.78 is 1.71. The van der Waals surface area contributed by atoms with E-state index in [9.17, 15) is 4.79 Å². The number of carbonyl (C=O) groups excluding carboxylic acids is 1. The number of H-pyrrole nitrogens is 1. The van der Waals surface area contributed by atoms with Crippen LogP contribution in [0.15, 0.2) is 42.7 Å². The molecule has 0 atom stereocenters. The van der Waals surface area contributed by atoms with Crippen LogP contribution in [-0.4, -0.2) is 43.7 Å². The first-order valence-electron chi connectivity index (χ1n) is 9.84. The molecular weight excluding hydrogens is 368 g/mol. The monoisotopic (exact) mass is 390 g/mol. The van der Waals surface area contributed by atoms with Crippen LogP contribution in [0.1, 0.15) is 25.0 Å². The number of imidazole rings is 1. The van der Waals surface area contributed by atoms with Crippen molar-refractivity contribution in [2.45, 2.75) is 26.2 Å². The Labute approximate surface area is 167 Å². The third kappa shape index (κ3) is 3.26. The average Bonchev–Trinajstić information content (AvgIpc) is 3.34. The molecule has 0 unspecified atom stereocenters. The highest BCUT2D eigenvalue weighted by molar-refractivity contribution is 5.99. The van der Waals surface area contributed by atoms with Gasteiger partial charge in [-0.3, -0.25) is 0 Å². The number of hydrogen-bond donors (Lipinski definition) is 2. The number of nitrogens with zero attached hydrogens (tertiary/aromatic N) is 4. The maximum atomic E-state index is 12.3. The molecular formula is C21H22N6O2. The predicted molar refractivity (Wildman–Crippen MR) is 111 cm³/mol. The van der Waals surface area contributed by atoms with E-state index in [2.05, 4.69) is 26.6 Å². The number of carbonyl (C=O) groups is 1.